The maximum atomic E-state index is 13.9. The molecule has 0 radical (unpaired) electrons. The Kier molecular flexibility index (Phi) is 6.48. The molecule has 148 valence electrons. The van der Waals surface area contributed by atoms with Crippen LogP contribution in [0, 0.1) is 15.9 Å². The third kappa shape index (κ3) is 4.72. The topological polar surface area (TPSA) is 117 Å². The lowest BCUT2D eigenvalue weighted by molar-refractivity contribution is -0.384. The molecule has 1 amide bonds. The monoisotopic (exact) mass is 392 g/mol. The molecule has 1 N–H and O–H groups in total. The molecule has 0 aliphatic carbocycles. The minimum atomic E-state index is -1.34. The van der Waals surface area contributed by atoms with Crippen LogP contribution in [0.15, 0.2) is 36.4 Å². The second-order valence-corrected chi connectivity index (χ2v) is 5.52. The molecule has 0 aliphatic heterocycles. The van der Waals surface area contributed by atoms with Crippen LogP contribution in [0.25, 0.3) is 0 Å². The first kappa shape index (κ1) is 20.6. The van der Waals surface area contributed by atoms with E-state index in [0.717, 1.165) is 18.2 Å². The summed E-state index contributed by atoms with van der Waals surface area (Å²) in [6, 6.07) is 7.38. The van der Waals surface area contributed by atoms with Crippen molar-refractivity contribution >= 4 is 23.3 Å². The Bertz CT molecular complexity index is 917. The second-order valence-electron chi connectivity index (χ2n) is 5.52. The number of ether oxygens (including phenoxy) is 3. The summed E-state index contributed by atoms with van der Waals surface area (Å²) in [5.41, 5.74) is -0.877. The van der Waals surface area contributed by atoms with Gasteiger partial charge in [-0.1, -0.05) is 0 Å². The highest BCUT2D eigenvalue weighted by molar-refractivity contribution is 5.98. The van der Waals surface area contributed by atoms with E-state index in [4.69, 9.17) is 14.2 Å². The zero-order chi connectivity index (χ0) is 20.8. The highest BCUT2D eigenvalue weighted by atomic mass is 19.1. The predicted molar refractivity (Wildman–Crippen MR) is 96.1 cm³/mol. The molecule has 9 nitrogen and oxygen atoms in total. The van der Waals surface area contributed by atoms with Crippen molar-refractivity contribution in [1.82, 2.24) is 0 Å². The van der Waals surface area contributed by atoms with Crippen molar-refractivity contribution < 1.29 is 33.1 Å². The van der Waals surface area contributed by atoms with Gasteiger partial charge in [-0.2, -0.15) is 0 Å². The quantitative estimate of drug-likeness (QED) is 0.437. The van der Waals surface area contributed by atoms with Gasteiger partial charge in [-0.15, -0.1) is 0 Å². The predicted octanol–water partition coefficient (Wildman–Crippen LogP) is 2.94. The molecule has 10 heteroatoms. The fraction of sp³-hybridized carbons (Fsp3) is 0.222. The number of nitrogens with one attached hydrogen (secondary N) is 1. The van der Waals surface area contributed by atoms with Gasteiger partial charge in [0.2, 0.25) is 0 Å². The summed E-state index contributed by atoms with van der Waals surface area (Å²) < 4.78 is 28.6. The standard InChI is InChI=1S/C18H17FN2O7/c1-10(28-18(23)13-6-4-11(26-2)8-14(13)19)17(22)20-15-7-5-12(27-3)9-16(15)21(24)25/h4-10H,1-3H3,(H,20,22). The fourth-order valence-electron chi connectivity index (χ4n) is 2.20. The van der Waals surface area contributed by atoms with E-state index >= 15 is 0 Å². The van der Waals surface area contributed by atoms with Gasteiger partial charge < -0.3 is 19.5 Å². The fourth-order valence-corrected chi connectivity index (χ4v) is 2.20. The highest BCUT2D eigenvalue weighted by Gasteiger charge is 2.24. The number of benzene rings is 2. The molecule has 2 aromatic rings. The molecule has 0 saturated carbocycles. The third-order valence-corrected chi connectivity index (χ3v) is 3.71. The lowest BCUT2D eigenvalue weighted by atomic mass is 10.2. The van der Waals surface area contributed by atoms with Gasteiger partial charge in [0.15, 0.2) is 6.10 Å². The van der Waals surface area contributed by atoms with E-state index in [1.54, 1.807) is 0 Å². The van der Waals surface area contributed by atoms with E-state index in [1.165, 1.54) is 39.3 Å². The summed E-state index contributed by atoms with van der Waals surface area (Å²) >= 11 is 0. The van der Waals surface area contributed by atoms with E-state index in [2.05, 4.69) is 5.32 Å². The zero-order valence-corrected chi connectivity index (χ0v) is 15.2. The number of esters is 1. The first-order valence-corrected chi connectivity index (χ1v) is 7.94. The number of amides is 1. The van der Waals surface area contributed by atoms with E-state index in [9.17, 15) is 24.1 Å². The molecular weight excluding hydrogens is 375 g/mol. The van der Waals surface area contributed by atoms with Crippen LogP contribution in [0.2, 0.25) is 0 Å². The summed E-state index contributed by atoms with van der Waals surface area (Å²) in [5, 5.41) is 13.5. The smallest absolute Gasteiger partial charge is 0.341 e. The number of carbonyl (C=O) groups is 2. The van der Waals surface area contributed by atoms with Gasteiger partial charge in [-0.05, 0) is 31.2 Å². The number of methoxy groups -OCH3 is 2. The Labute approximate surface area is 159 Å². The summed E-state index contributed by atoms with van der Waals surface area (Å²) in [6.07, 6.45) is -1.34. The minimum absolute atomic E-state index is 0.102. The van der Waals surface area contributed by atoms with Crippen molar-refractivity contribution in [2.75, 3.05) is 19.5 Å². The number of rotatable bonds is 7. The van der Waals surface area contributed by atoms with Gasteiger partial charge in [0, 0.05) is 6.07 Å². The van der Waals surface area contributed by atoms with Crippen molar-refractivity contribution in [2.45, 2.75) is 13.0 Å². The van der Waals surface area contributed by atoms with Crippen LogP contribution in [0.1, 0.15) is 17.3 Å². The van der Waals surface area contributed by atoms with Gasteiger partial charge in [0.1, 0.15) is 23.0 Å². The molecule has 0 fully saturated rings. The molecule has 0 bridgehead atoms. The average molecular weight is 392 g/mol. The van der Waals surface area contributed by atoms with Crippen molar-refractivity contribution in [3.63, 3.8) is 0 Å². The Hall–Kier alpha value is -3.69. The van der Waals surface area contributed by atoms with Crippen molar-refractivity contribution in [1.29, 1.82) is 0 Å². The summed E-state index contributed by atoms with van der Waals surface area (Å²) in [4.78, 5) is 34.8. The zero-order valence-electron chi connectivity index (χ0n) is 15.2. The molecule has 1 unspecified atom stereocenters. The number of hydrogen-bond donors (Lipinski definition) is 1. The molecule has 0 aliphatic rings. The molecule has 0 aromatic heterocycles. The third-order valence-electron chi connectivity index (χ3n) is 3.71. The number of anilines is 1. The van der Waals surface area contributed by atoms with Crippen LogP contribution in [-0.2, 0) is 9.53 Å². The normalized spacial score (nSPS) is 11.3. The van der Waals surface area contributed by atoms with Crippen LogP contribution in [0.4, 0.5) is 15.8 Å². The molecule has 28 heavy (non-hydrogen) atoms. The number of carbonyl (C=O) groups excluding carboxylic acids is 2. The Morgan fingerprint density at radius 2 is 1.71 bits per heavy atom. The van der Waals surface area contributed by atoms with E-state index < -0.39 is 34.4 Å². The molecule has 1 atom stereocenters. The number of nitro groups is 1. The molecule has 2 rings (SSSR count). The van der Waals surface area contributed by atoms with Gasteiger partial charge >= 0.3 is 5.97 Å². The lowest BCUT2D eigenvalue weighted by Crippen LogP contribution is -2.30. The summed E-state index contributed by atoms with van der Waals surface area (Å²) in [5.74, 6) is -2.31. The maximum Gasteiger partial charge on any atom is 0.341 e. The van der Waals surface area contributed by atoms with Crippen molar-refractivity contribution in [3.05, 3.63) is 57.9 Å². The summed E-state index contributed by atoms with van der Waals surface area (Å²) in [7, 11) is 2.69. The van der Waals surface area contributed by atoms with Crippen LogP contribution in [-0.4, -0.2) is 37.1 Å². The van der Waals surface area contributed by atoms with Crippen molar-refractivity contribution in [3.8, 4) is 11.5 Å². The van der Waals surface area contributed by atoms with Gasteiger partial charge in [0.05, 0.1) is 30.8 Å². The van der Waals surface area contributed by atoms with Crippen LogP contribution in [0.3, 0.4) is 0 Å². The molecule has 2 aromatic carbocycles. The Morgan fingerprint density at radius 3 is 2.29 bits per heavy atom. The Balaban J connectivity index is 2.11. The summed E-state index contributed by atoms with van der Waals surface area (Å²) in [6.45, 7) is 1.25. The average Bonchev–Trinajstić information content (AvgIpc) is 2.67. The number of nitrogens with zero attached hydrogens (tertiary/aromatic N) is 1. The van der Waals surface area contributed by atoms with Crippen LogP contribution < -0.4 is 14.8 Å². The molecular formula is C18H17FN2O7. The van der Waals surface area contributed by atoms with Gasteiger partial charge in [-0.25, -0.2) is 9.18 Å². The van der Waals surface area contributed by atoms with E-state index in [0.29, 0.717) is 0 Å². The largest absolute Gasteiger partial charge is 0.497 e. The number of nitro benzene ring substituents is 1. The van der Waals surface area contributed by atoms with E-state index in [-0.39, 0.29) is 22.7 Å². The van der Waals surface area contributed by atoms with E-state index in [1.807, 2.05) is 0 Å². The lowest BCUT2D eigenvalue weighted by Gasteiger charge is -2.14. The van der Waals surface area contributed by atoms with Gasteiger partial charge in [0.25, 0.3) is 11.6 Å². The second kappa shape index (κ2) is 8.80. The maximum absolute atomic E-state index is 13.9. The number of hydrogen-bond acceptors (Lipinski definition) is 7. The minimum Gasteiger partial charge on any atom is -0.497 e. The van der Waals surface area contributed by atoms with Crippen molar-refractivity contribution in [2.24, 2.45) is 0 Å². The number of halogens is 1. The van der Waals surface area contributed by atoms with Crippen LogP contribution in [0.5, 0.6) is 11.5 Å². The first-order chi connectivity index (χ1) is 13.3. The Morgan fingerprint density at radius 1 is 1.11 bits per heavy atom. The first-order valence-electron chi connectivity index (χ1n) is 7.94. The SMILES string of the molecule is COc1ccc(C(=O)OC(C)C(=O)Nc2ccc(OC)cc2[N+](=O)[O-])c(F)c1. The highest BCUT2D eigenvalue weighted by Crippen LogP contribution is 2.29. The molecule has 0 heterocycles. The molecule has 0 saturated heterocycles. The molecule has 0 spiro atoms. The van der Waals surface area contributed by atoms with Crippen LogP contribution >= 0.6 is 0 Å². The van der Waals surface area contributed by atoms with Gasteiger partial charge in [-0.3, -0.25) is 14.9 Å².